The predicted molar refractivity (Wildman–Crippen MR) is 105 cm³/mol. The summed E-state index contributed by atoms with van der Waals surface area (Å²) >= 11 is 0. The first-order chi connectivity index (χ1) is 13.3. The molecule has 0 amide bonds. The van der Waals surface area contributed by atoms with Crippen LogP contribution in [0.4, 0.5) is 0 Å². The van der Waals surface area contributed by atoms with Crippen molar-refractivity contribution < 1.29 is 0 Å². The van der Waals surface area contributed by atoms with E-state index < -0.39 is 0 Å². The Labute approximate surface area is 155 Å². The minimum atomic E-state index is 0.751. The molecule has 0 atom stereocenters. The minimum absolute atomic E-state index is 0.751. The highest BCUT2D eigenvalue weighted by atomic mass is 15.3. The van der Waals surface area contributed by atoms with Gasteiger partial charge in [-0.1, -0.05) is 36.3 Å². The maximum absolute atomic E-state index is 4.72. The second-order valence-electron chi connectivity index (χ2n) is 6.30. The fourth-order valence-corrected chi connectivity index (χ4v) is 3.12. The number of pyridine rings is 1. The van der Waals surface area contributed by atoms with Gasteiger partial charge >= 0.3 is 0 Å². The fourth-order valence-electron chi connectivity index (χ4n) is 3.12. The summed E-state index contributed by atoms with van der Waals surface area (Å²) in [5, 5.41) is 5.73. The monoisotopic (exact) mass is 349 g/mol. The maximum Gasteiger partial charge on any atom is 0.154 e. The Hall–Kier alpha value is -3.91. The second-order valence-corrected chi connectivity index (χ2v) is 6.30. The molecule has 0 aliphatic carbocycles. The fraction of sp³-hybridized carbons (Fsp3) is 0.0455. The van der Waals surface area contributed by atoms with Gasteiger partial charge in [0.25, 0.3) is 0 Å². The minimum Gasteiger partial charge on any atom is -0.346 e. The van der Waals surface area contributed by atoms with Crippen LogP contribution in [0.25, 0.3) is 27.9 Å². The number of benzene rings is 1. The molecule has 0 aliphatic rings. The van der Waals surface area contributed by atoms with Crippen molar-refractivity contribution in [1.29, 1.82) is 0 Å². The van der Waals surface area contributed by atoms with E-state index in [0.29, 0.717) is 0 Å². The van der Waals surface area contributed by atoms with Gasteiger partial charge in [-0.15, -0.1) is 0 Å². The topological polar surface area (TPSA) is 58.9 Å². The lowest BCUT2D eigenvalue weighted by atomic mass is 10.1. The SMILES string of the molecule is Cc1cc(C#Cc2cnc3ccc(-c4ccccc4)nn23)c2cc[nH]c2n1. The van der Waals surface area contributed by atoms with Crippen LogP contribution >= 0.6 is 0 Å². The summed E-state index contributed by atoms with van der Waals surface area (Å²) in [6.45, 7) is 1.97. The van der Waals surface area contributed by atoms with Gasteiger partial charge in [0.2, 0.25) is 0 Å². The number of imidazole rings is 1. The van der Waals surface area contributed by atoms with Gasteiger partial charge in [-0.05, 0) is 37.1 Å². The van der Waals surface area contributed by atoms with Gasteiger partial charge < -0.3 is 4.98 Å². The van der Waals surface area contributed by atoms with E-state index in [1.165, 1.54) is 0 Å². The molecule has 0 radical (unpaired) electrons. The summed E-state index contributed by atoms with van der Waals surface area (Å²) in [4.78, 5) is 12.0. The smallest absolute Gasteiger partial charge is 0.154 e. The van der Waals surface area contributed by atoms with E-state index in [2.05, 4.69) is 26.8 Å². The zero-order chi connectivity index (χ0) is 18.2. The number of hydrogen-bond donors (Lipinski definition) is 1. The predicted octanol–water partition coefficient (Wildman–Crippen LogP) is 3.98. The Morgan fingerprint density at radius 3 is 2.78 bits per heavy atom. The van der Waals surface area contributed by atoms with Gasteiger partial charge in [-0.25, -0.2) is 14.5 Å². The van der Waals surface area contributed by atoms with Crippen LogP contribution in [0.5, 0.6) is 0 Å². The van der Waals surface area contributed by atoms with Crippen molar-refractivity contribution in [1.82, 2.24) is 24.6 Å². The largest absolute Gasteiger partial charge is 0.346 e. The molecule has 0 aliphatic heterocycles. The zero-order valence-corrected chi connectivity index (χ0v) is 14.6. The number of hydrogen-bond acceptors (Lipinski definition) is 3. The third kappa shape index (κ3) is 2.74. The molecule has 4 aromatic heterocycles. The molecule has 0 fully saturated rings. The lowest BCUT2D eigenvalue weighted by Crippen LogP contribution is -1.97. The summed E-state index contributed by atoms with van der Waals surface area (Å²) in [6, 6.07) is 18.0. The molecule has 27 heavy (non-hydrogen) atoms. The summed E-state index contributed by atoms with van der Waals surface area (Å²) in [5.74, 6) is 6.48. The van der Waals surface area contributed by atoms with Gasteiger partial charge in [0.1, 0.15) is 11.3 Å². The Balaban J connectivity index is 1.62. The Morgan fingerprint density at radius 2 is 1.89 bits per heavy atom. The van der Waals surface area contributed by atoms with Crippen molar-refractivity contribution in [2.45, 2.75) is 6.92 Å². The average Bonchev–Trinajstić information content (AvgIpc) is 3.33. The lowest BCUT2D eigenvalue weighted by Gasteiger charge is -2.02. The van der Waals surface area contributed by atoms with E-state index in [-0.39, 0.29) is 0 Å². The number of aromatic amines is 1. The second kappa shape index (κ2) is 6.11. The van der Waals surface area contributed by atoms with Crippen molar-refractivity contribution in [3.63, 3.8) is 0 Å². The molecule has 5 rings (SSSR count). The van der Waals surface area contributed by atoms with Crippen LogP contribution in [0.1, 0.15) is 17.0 Å². The third-order valence-corrected chi connectivity index (χ3v) is 4.41. The molecule has 1 aromatic carbocycles. The first-order valence-electron chi connectivity index (χ1n) is 8.65. The van der Waals surface area contributed by atoms with Gasteiger partial charge in [-0.2, -0.15) is 5.10 Å². The molecular formula is C22H15N5. The highest BCUT2D eigenvalue weighted by Gasteiger charge is 2.06. The Morgan fingerprint density at radius 1 is 1.00 bits per heavy atom. The molecular weight excluding hydrogens is 334 g/mol. The van der Waals surface area contributed by atoms with Crippen LogP contribution in [-0.2, 0) is 0 Å². The maximum atomic E-state index is 4.72. The van der Waals surface area contributed by atoms with Crippen molar-refractivity contribution in [3.05, 3.63) is 83.9 Å². The molecule has 0 bridgehead atoms. The Kier molecular flexibility index (Phi) is 3.48. The van der Waals surface area contributed by atoms with Crippen LogP contribution in [0.3, 0.4) is 0 Å². The highest BCUT2D eigenvalue weighted by Crippen LogP contribution is 2.18. The van der Waals surface area contributed by atoms with E-state index >= 15 is 0 Å². The molecule has 4 heterocycles. The van der Waals surface area contributed by atoms with Crippen LogP contribution in [0, 0.1) is 18.8 Å². The van der Waals surface area contributed by atoms with Crippen LogP contribution in [-0.4, -0.2) is 24.6 Å². The van der Waals surface area contributed by atoms with Crippen molar-refractivity contribution in [2.75, 3.05) is 0 Å². The van der Waals surface area contributed by atoms with Crippen LogP contribution < -0.4 is 0 Å². The Bertz CT molecular complexity index is 1330. The van der Waals surface area contributed by atoms with E-state index in [0.717, 1.165) is 44.9 Å². The molecule has 0 saturated heterocycles. The van der Waals surface area contributed by atoms with Crippen molar-refractivity contribution in [2.24, 2.45) is 0 Å². The summed E-state index contributed by atoms with van der Waals surface area (Å²) < 4.78 is 1.79. The number of nitrogens with one attached hydrogen (secondary N) is 1. The van der Waals surface area contributed by atoms with E-state index in [9.17, 15) is 0 Å². The number of fused-ring (bicyclic) bond motifs is 2. The van der Waals surface area contributed by atoms with Crippen molar-refractivity contribution >= 4 is 16.7 Å². The number of rotatable bonds is 1. The average molecular weight is 349 g/mol. The van der Waals surface area contributed by atoms with Gasteiger partial charge in [0.15, 0.2) is 5.65 Å². The number of aryl methyl sites for hydroxylation is 1. The molecule has 5 aromatic rings. The van der Waals surface area contributed by atoms with Crippen LogP contribution in [0.2, 0.25) is 0 Å². The lowest BCUT2D eigenvalue weighted by molar-refractivity contribution is 0.930. The van der Waals surface area contributed by atoms with Gasteiger partial charge in [0.05, 0.1) is 11.9 Å². The molecule has 1 N–H and O–H groups in total. The van der Waals surface area contributed by atoms with Crippen molar-refractivity contribution in [3.8, 4) is 23.1 Å². The number of aromatic nitrogens is 5. The quantitative estimate of drug-likeness (QED) is 0.466. The first kappa shape index (κ1) is 15.4. The van der Waals surface area contributed by atoms with E-state index in [1.54, 1.807) is 10.7 Å². The molecule has 0 saturated carbocycles. The third-order valence-electron chi connectivity index (χ3n) is 4.41. The van der Waals surface area contributed by atoms with Gasteiger partial charge in [0, 0.05) is 28.4 Å². The molecule has 128 valence electrons. The zero-order valence-electron chi connectivity index (χ0n) is 14.6. The first-order valence-corrected chi connectivity index (χ1v) is 8.65. The van der Waals surface area contributed by atoms with E-state index in [4.69, 9.17) is 5.10 Å². The number of H-pyrrole nitrogens is 1. The molecule has 5 nitrogen and oxygen atoms in total. The molecule has 0 spiro atoms. The van der Waals surface area contributed by atoms with Crippen LogP contribution in [0.15, 0.2) is 67.0 Å². The standard InChI is InChI=1S/C22H15N5/c1-15-13-17(19-11-12-23-22(19)25-15)7-8-18-14-24-21-10-9-20(26-27(18)21)16-5-3-2-4-6-16/h2-6,9-14H,1H3,(H,23,25). The van der Waals surface area contributed by atoms with Gasteiger partial charge in [-0.3, -0.25) is 0 Å². The summed E-state index contributed by atoms with van der Waals surface area (Å²) in [5.41, 5.74) is 6.19. The van der Waals surface area contributed by atoms with E-state index in [1.807, 2.05) is 67.7 Å². The highest BCUT2D eigenvalue weighted by molar-refractivity contribution is 5.83. The summed E-state index contributed by atoms with van der Waals surface area (Å²) in [7, 11) is 0. The molecule has 5 heteroatoms. The normalized spacial score (nSPS) is 10.9. The molecule has 0 unspecified atom stereocenters. The number of nitrogens with zero attached hydrogens (tertiary/aromatic N) is 4. The summed E-state index contributed by atoms with van der Waals surface area (Å²) in [6.07, 6.45) is 3.64.